The highest BCUT2D eigenvalue weighted by Gasteiger charge is 2.17. The molecule has 0 aliphatic carbocycles. The fourth-order valence-corrected chi connectivity index (χ4v) is 2.43. The van der Waals surface area contributed by atoms with Gasteiger partial charge in [-0.05, 0) is 18.6 Å². The summed E-state index contributed by atoms with van der Waals surface area (Å²) < 4.78 is 26.4. The summed E-state index contributed by atoms with van der Waals surface area (Å²) >= 11 is 1.31. The summed E-state index contributed by atoms with van der Waals surface area (Å²) in [5.74, 6) is -1.79. The number of hydrogen-bond acceptors (Lipinski definition) is 3. The first-order chi connectivity index (χ1) is 8.09. The Morgan fingerprint density at radius 2 is 2.18 bits per heavy atom. The predicted molar refractivity (Wildman–Crippen MR) is 61.9 cm³/mol. The minimum atomic E-state index is -0.895. The molecule has 0 amide bonds. The van der Waals surface area contributed by atoms with Gasteiger partial charge in [-0.25, -0.2) is 13.8 Å². The lowest BCUT2D eigenvalue weighted by Crippen LogP contribution is -2.04. The van der Waals surface area contributed by atoms with E-state index in [1.165, 1.54) is 23.5 Å². The van der Waals surface area contributed by atoms with Crippen LogP contribution < -0.4 is 0 Å². The third-order valence-corrected chi connectivity index (χ3v) is 3.56. The first kappa shape index (κ1) is 12.1. The van der Waals surface area contributed by atoms with Gasteiger partial charge in [0.25, 0.3) is 0 Å². The van der Waals surface area contributed by atoms with E-state index >= 15 is 0 Å². The Hall–Kier alpha value is -1.33. The predicted octanol–water partition coefficient (Wildman–Crippen LogP) is 3.01. The lowest BCUT2D eigenvalue weighted by molar-refractivity contribution is 0.179. The molecule has 90 valence electrons. The molecule has 0 fully saturated rings. The molecule has 0 saturated carbocycles. The van der Waals surface area contributed by atoms with Crippen LogP contribution in [0.3, 0.4) is 0 Å². The van der Waals surface area contributed by atoms with Crippen LogP contribution in [-0.4, -0.2) is 10.1 Å². The van der Waals surface area contributed by atoms with Crippen molar-refractivity contribution < 1.29 is 13.9 Å². The Morgan fingerprint density at radius 3 is 2.82 bits per heavy atom. The average Bonchev–Trinajstić information content (AvgIpc) is 2.71. The van der Waals surface area contributed by atoms with E-state index in [9.17, 15) is 13.9 Å². The zero-order chi connectivity index (χ0) is 12.4. The number of nitrogens with zero attached hydrogens (tertiary/aromatic N) is 1. The minimum Gasteiger partial charge on any atom is -0.387 e. The van der Waals surface area contributed by atoms with Crippen LogP contribution in [0.2, 0.25) is 0 Å². The zero-order valence-electron chi connectivity index (χ0n) is 9.15. The van der Waals surface area contributed by atoms with E-state index in [1.807, 2.05) is 0 Å². The van der Waals surface area contributed by atoms with Gasteiger partial charge in [-0.1, -0.05) is 12.1 Å². The third kappa shape index (κ3) is 2.50. The van der Waals surface area contributed by atoms with Crippen molar-refractivity contribution in [3.63, 3.8) is 0 Å². The second-order valence-electron chi connectivity index (χ2n) is 3.73. The van der Waals surface area contributed by atoms with Crippen molar-refractivity contribution in [1.29, 1.82) is 0 Å². The molecular weight excluding hydrogens is 244 g/mol. The van der Waals surface area contributed by atoms with Gasteiger partial charge in [-0.15, -0.1) is 11.3 Å². The molecular formula is C12H11F2NOS. The fraction of sp³-hybridized carbons (Fsp3) is 0.250. The number of benzene rings is 1. The first-order valence-corrected chi connectivity index (χ1v) is 5.98. The van der Waals surface area contributed by atoms with E-state index in [4.69, 9.17) is 0 Å². The monoisotopic (exact) mass is 255 g/mol. The average molecular weight is 255 g/mol. The van der Waals surface area contributed by atoms with Crippen molar-refractivity contribution >= 4 is 11.3 Å². The lowest BCUT2D eigenvalue weighted by atomic mass is 10.1. The van der Waals surface area contributed by atoms with Gasteiger partial charge < -0.3 is 5.11 Å². The zero-order valence-corrected chi connectivity index (χ0v) is 9.97. The van der Waals surface area contributed by atoms with Crippen molar-refractivity contribution in [2.75, 3.05) is 0 Å². The van der Waals surface area contributed by atoms with E-state index in [0.29, 0.717) is 4.88 Å². The molecule has 0 bridgehead atoms. The van der Waals surface area contributed by atoms with Crippen LogP contribution in [0.4, 0.5) is 8.78 Å². The maximum atomic E-state index is 13.4. The normalized spacial score (nSPS) is 12.7. The van der Waals surface area contributed by atoms with Gasteiger partial charge in [0.15, 0.2) is 11.6 Å². The molecule has 17 heavy (non-hydrogen) atoms. The molecule has 1 atom stereocenters. The third-order valence-electron chi connectivity index (χ3n) is 2.53. The van der Waals surface area contributed by atoms with Gasteiger partial charge in [-0.2, -0.15) is 0 Å². The molecule has 2 nitrogen and oxygen atoms in total. The molecule has 1 aromatic heterocycles. The van der Waals surface area contributed by atoms with E-state index in [0.717, 1.165) is 11.8 Å². The van der Waals surface area contributed by atoms with Crippen LogP contribution in [0, 0.1) is 18.6 Å². The molecule has 0 radical (unpaired) electrons. The number of halogens is 2. The summed E-state index contributed by atoms with van der Waals surface area (Å²) in [6.45, 7) is 1.77. The molecule has 5 heteroatoms. The highest BCUT2D eigenvalue weighted by molar-refractivity contribution is 7.09. The van der Waals surface area contributed by atoms with Crippen LogP contribution in [0.25, 0.3) is 0 Å². The number of hydrogen-bond donors (Lipinski definition) is 1. The van der Waals surface area contributed by atoms with Gasteiger partial charge >= 0.3 is 0 Å². The summed E-state index contributed by atoms with van der Waals surface area (Å²) in [7, 11) is 0. The van der Waals surface area contributed by atoms with Crippen LogP contribution in [0.5, 0.6) is 0 Å². The molecule has 0 aliphatic heterocycles. The Balaban J connectivity index is 2.22. The molecule has 0 aliphatic rings. The van der Waals surface area contributed by atoms with Gasteiger partial charge in [0, 0.05) is 6.42 Å². The molecule has 1 N–H and O–H groups in total. The Morgan fingerprint density at radius 1 is 1.41 bits per heavy atom. The second kappa shape index (κ2) is 4.89. The topological polar surface area (TPSA) is 33.1 Å². The number of aryl methyl sites for hydroxylation is 1. The smallest absolute Gasteiger partial charge is 0.162 e. The Labute approximate surface area is 102 Å². The summed E-state index contributed by atoms with van der Waals surface area (Å²) in [6, 6.07) is 3.96. The number of rotatable bonds is 3. The number of aliphatic hydroxyl groups excluding tert-OH is 1. The maximum Gasteiger partial charge on any atom is 0.162 e. The molecule has 0 spiro atoms. The van der Waals surface area contributed by atoms with Gasteiger partial charge in [-0.3, -0.25) is 0 Å². The largest absolute Gasteiger partial charge is 0.387 e. The van der Waals surface area contributed by atoms with E-state index in [-0.39, 0.29) is 12.0 Å². The van der Waals surface area contributed by atoms with E-state index in [1.54, 1.807) is 12.4 Å². The SMILES string of the molecule is Cc1ncsc1C(O)Cc1cccc(F)c1F. The maximum absolute atomic E-state index is 13.4. The van der Waals surface area contributed by atoms with Gasteiger partial charge in [0.1, 0.15) is 0 Å². The second-order valence-corrected chi connectivity index (χ2v) is 4.62. The highest BCUT2D eigenvalue weighted by atomic mass is 32.1. The first-order valence-electron chi connectivity index (χ1n) is 5.10. The van der Waals surface area contributed by atoms with Crippen molar-refractivity contribution in [2.45, 2.75) is 19.4 Å². The fourth-order valence-electron chi connectivity index (χ4n) is 1.64. The summed E-state index contributed by atoms with van der Waals surface area (Å²) in [6.07, 6.45) is -0.800. The molecule has 1 heterocycles. The minimum absolute atomic E-state index is 0.0482. The molecule has 1 aromatic carbocycles. The number of thiazole rings is 1. The van der Waals surface area contributed by atoms with Crippen LogP contribution in [0.1, 0.15) is 22.2 Å². The van der Waals surface area contributed by atoms with Crippen molar-refractivity contribution in [3.05, 3.63) is 51.5 Å². The van der Waals surface area contributed by atoms with Gasteiger partial charge in [0.2, 0.25) is 0 Å². The summed E-state index contributed by atoms with van der Waals surface area (Å²) in [5.41, 5.74) is 2.51. The van der Waals surface area contributed by atoms with Crippen molar-refractivity contribution in [2.24, 2.45) is 0 Å². The van der Waals surface area contributed by atoms with E-state index in [2.05, 4.69) is 4.98 Å². The highest BCUT2D eigenvalue weighted by Crippen LogP contribution is 2.26. The van der Waals surface area contributed by atoms with Crippen LogP contribution in [0.15, 0.2) is 23.7 Å². The molecule has 0 saturated heterocycles. The standard InChI is InChI=1S/C12H11F2NOS/c1-7-12(17-6-15-7)10(16)5-8-3-2-4-9(13)11(8)14/h2-4,6,10,16H,5H2,1H3. The van der Waals surface area contributed by atoms with Crippen LogP contribution in [-0.2, 0) is 6.42 Å². The van der Waals surface area contributed by atoms with Gasteiger partial charge in [0.05, 0.1) is 22.2 Å². The summed E-state index contributed by atoms with van der Waals surface area (Å²) in [5, 5.41) is 9.94. The summed E-state index contributed by atoms with van der Waals surface area (Å²) in [4.78, 5) is 4.70. The van der Waals surface area contributed by atoms with Crippen molar-refractivity contribution in [1.82, 2.24) is 4.98 Å². The molecule has 2 aromatic rings. The number of aliphatic hydroxyl groups is 1. The van der Waals surface area contributed by atoms with Crippen LogP contribution >= 0.6 is 11.3 Å². The van der Waals surface area contributed by atoms with Crippen molar-refractivity contribution in [3.8, 4) is 0 Å². The Bertz CT molecular complexity index is 527. The number of aromatic nitrogens is 1. The Kier molecular flexibility index (Phi) is 3.49. The molecule has 1 unspecified atom stereocenters. The quantitative estimate of drug-likeness (QED) is 0.914. The lowest BCUT2D eigenvalue weighted by Gasteiger charge is -2.10. The molecule has 2 rings (SSSR count). The van der Waals surface area contributed by atoms with E-state index < -0.39 is 17.7 Å².